The van der Waals surface area contributed by atoms with E-state index in [9.17, 15) is 14.4 Å². The topological polar surface area (TPSA) is 116 Å². The molecule has 7 nitrogen and oxygen atoms in total. The van der Waals surface area contributed by atoms with E-state index in [0.717, 1.165) is 5.56 Å². The van der Waals surface area contributed by atoms with Gasteiger partial charge in [-0.05, 0) is 11.5 Å². The van der Waals surface area contributed by atoms with Gasteiger partial charge in [0.2, 0.25) is 0 Å². The zero-order valence-electron chi connectivity index (χ0n) is 11.6. The summed E-state index contributed by atoms with van der Waals surface area (Å²) in [6.45, 7) is 2.23. The van der Waals surface area contributed by atoms with Crippen molar-refractivity contribution in [2.75, 3.05) is 6.54 Å². The molecule has 0 aromatic heterocycles. The summed E-state index contributed by atoms with van der Waals surface area (Å²) in [7, 11) is 0. The number of carboxylic acids is 2. The van der Waals surface area contributed by atoms with Crippen molar-refractivity contribution in [3.63, 3.8) is 0 Å². The fraction of sp³-hybridized carbons (Fsp3) is 0.357. The van der Waals surface area contributed by atoms with Gasteiger partial charge in [0.15, 0.2) is 0 Å². The summed E-state index contributed by atoms with van der Waals surface area (Å²) in [6, 6.07) is 7.36. The van der Waals surface area contributed by atoms with Crippen LogP contribution >= 0.6 is 0 Å². The van der Waals surface area contributed by atoms with Gasteiger partial charge in [0.05, 0.1) is 6.42 Å². The van der Waals surface area contributed by atoms with Crippen LogP contribution < -0.4 is 10.6 Å². The monoisotopic (exact) mass is 294 g/mol. The first-order chi connectivity index (χ1) is 9.90. The average molecular weight is 294 g/mol. The number of carbonyl (C=O) groups excluding carboxylic acids is 1. The molecule has 0 fully saturated rings. The fourth-order valence-corrected chi connectivity index (χ4v) is 1.73. The zero-order chi connectivity index (χ0) is 15.8. The standard InChI is InChI=1S/C14H18N2O5/c1-9(10-5-3-2-4-6-10)8-15-14(21)16-11(13(19)20)7-12(17)18/h2-6,9,11H,7-8H2,1H3,(H,17,18)(H,19,20)(H2,15,16,21)/t9?,11-/m0/s1. The van der Waals surface area contributed by atoms with E-state index >= 15 is 0 Å². The van der Waals surface area contributed by atoms with Gasteiger partial charge in [-0.25, -0.2) is 9.59 Å². The van der Waals surface area contributed by atoms with E-state index in [1.165, 1.54) is 0 Å². The number of carboxylic acid groups (broad SMARTS) is 2. The van der Waals surface area contributed by atoms with E-state index in [0.29, 0.717) is 6.54 Å². The van der Waals surface area contributed by atoms with Gasteiger partial charge < -0.3 is 20.8 Å². The van der Waals surface area contributed by atoms with Gasteiger partial charge in [0, 0.05) is 6.54 Å². The van der Waals surface area contributed by atoms with Gasteiger partial charge in [-0.3, -0.25) is 4.79 Å². The van der Waals surface area contributed by atoms with Crippen LogP contribution in [0.2, 0.25) is 0 Å². The van der Waals surface area contributed by atoms with Crippen LogP contribution in [0.15, 0.2) is 30.3 Å². The number of hydrogen-bond acceptors (Lipinski definition) is 3. The minimum absolute atomic E-state index is 0.0553. The van der Waals surface area contributed by atoms with Crippen LogP contribution in [0.4, 0.5) is 4.79 Å². The van der Waals surface area contributed by atoms with Gasteiger partial charge in [-0.2, -0.15) is 0 Å². The van der Waals surface area contributed by atoms with Crippen LogP contribution in [0.5, 0.6) is 0 Å². The third kappa shape index (κ3) is 5.94. The molecule has 1 aromatic carbocycles. The molecule has 7 heteroatoms. The summed E-state index contributed by atoms with van der Waals surface area (Å²) < 4.78 is 0. The minimum atomic E-state index is -1.45. The van der Waals surface area contributed by atoms with E-state index in [-0.39, 0.29) is 5.92 Å². The Morgan fingerprint density at radius 3 is 2.29 bits per heavy atom. The van der Waals surface area contributed by atoms with Crippen LogP contribution in [0, 0.1) is 0 Å². The SMILES string of the molecule is CC(CNC(=O)N[C@@H](CC(=O)O)C(=O)O)c1ccccc1. The summed E-state index contributed by atoms with van der Waals surface area (Å²) in [5.41, 5.74) is 1.04. The molecule has 0 aliphatic rings. The second-order valence-electron chi connectivity index (χ2n) is 4.65. The number of amides is 2. The molecule has 4 N–H and O–H groups in total. The lowest BCUT2D eigenvalue weighted by Gasteiger charge is -2.16. The Morgan fingerprint density at radius 1 is 1.14 bits per heavy atom. The number of hydrogen-bond donors (Lipinski definition) is 4. The zero-order valence-corrected chi connectivity index (χ0v) is 11.6. The highest BCUT2D eigenvalue weighted by Crippen LogP contribution is 2.12. The molecule has 0 aliphatic heterocycles. The predicted octanol–water partition coefficient (Wildman–Crippen LogP) is 1.02. The molecule has 1 rings (SSSR count). The van der Waals surface area contributed by atoms with Gasteiger partial charge >= 0.3 is 18.0 Å². The molecule has 0 heterocycles. The number of urea groups is 1. The number of carbonyl (C=O) groups is 3. The van der Waals surface area contributed by atoms with Crippen LogP contribution in [0.25, 0.3) is 0 Å². The minimum Gasteiger partial charge on any atom is -0.481 e. The summed E-state index contributed by atoms with van der Waals surface area (Å²) in [6.07, 6.45) is -0.670. The van der Waals surface area contributed by atoms with E-state index < -0.39 is 30.4 Å². The fourth-order valence-electron chi connectivity index (χ4n) is 1.73. The van der Waals surface area contributed by atoms with Crippen molar-refractivity contribution in [1.29, 1.82) is 0 Å². The van der Waals surface area contributed by atoms with Crippen molar-refractivity contribution >= 4 is 18.0 Å². The number of nitrogens with one attached hydrogen (secondary N) is 2. The lowest BCUT2D eigenvalue weighted by Crippen LogP contribution is -2.47. The Kier molecular flexibility index (Phi) is 6.19. The van der Waals surface area contributed by atoms with Crippen LogP contribution in [-0.4, -0.2) is 40.8 Å². The van der Waals surface area contributed by atoms with Gasteiger partial charge in [0.25, 0.3) is 0 Å². The molecule has 1 unspecified atom stereocenters. The molecule has 114 valence electrons. The molecule has 0 saturated carbocycles. The second kappa shape index (κ2) is 7.88. The lowest BCUT2D eigenvalue weighted by molar-refractivity contribution is -0.145. The number of rotatable bonds is 7. The third-order valence-electron chi connectivity index (χ3n) is 2.92. The first kappa shape index (κ1) is 16.5. The van der Waals surface area contributed by atoms with Crippen LogP contribution in [-0.2, 0) is 9.59 Å². The van der Waals surface area contributed by atoms with Gasteiger partial charge in [-0.15, -0.1) is 0 Å². The lowest BCUT2D eigenvalue weighted by atomic mass is 10.0. The average Bonchev–Trinajstić information content (AvgIpc) is 2.44. The van der Waals surface area contributed by atoms with E-state index in [4.69, 9.17) is 10.2 Å². The van der Waals surface area contributed by atoms with Crippen molar-refractivity contribution in [2.24, 2.45) is 0 Å². The van der Waals surface area contributed by atoms with E-state index in [1.54, 1.807) is 0 Å². The molecule has 1 aromatic rings. The summed E-state index contributed by atoms with van der Waals surface area (Å²) in [5, 5.41) is 22.1. The first-order valence-corrected chi connectivity index (χ1v) is 6.44. The Morgan fingerprint density at radius 2 is 1.76 bits per heavy atom. The first-order valence-electron chi connectivity index (χ1n) is 6.44. The quantitative estimate of drug-likeness (QED) is 0.599. The largest absolute Gasteiger partial charge is 0.481 e. The van der Waals surface area contributed by atoms with Crippen LogP contribution in [0.3, 0.4) is 0 Å². The summed E-state index contributed by atoms with van der Waals surface area (Å²) >= 11 is 0. The molecule has 0 saturated heterocycles. The molecular weight excluding hydrogens is 276 g/mol. The third-order valence-corrected chi connectivity index (χ3v) is 2.92. The normalized spacial score (nSPS) is 13.0. The van der Waals surface area contributed by atoms with Crippen LogP contribution in [0.1, 0.15) is 24.8 Å². The molecule has 21 heavy (non-hydrogen) atoms. The van der Waals surface area contributed by atoms with E-state index in [2.05, 4.69) is 10.6 Å². The van der Waals surface area contributed by atoms with Crippen molar-refractivity contribution in [3.8, 4) is 0 Å². The van der Waals surface area contributed by atoms with Gasteiger partial charge in [0.1, 0.15) is 6.04 Å². The second-order valence-corrected chi connectivity index (χ2v) is 4.65. The maximum atomic E-state index is 11.6. The van der Waals surface area contributed by atoms with Crippen molar-refractivity contribution in [2.45, 2.75) is 25.3 Å². The number of aliphatic carboxylic acids is 2. The van der Waals surface area contributed by atoms with Crippen molar-refractivity contribution in [3.05, 3.63) is 35.9 Å². The molecule has 2 atom stereocenters. The molecule has 0 bridgehead atoms. The Labute approximate surface area is 122 Å². The summed E-state index contributed by atoms with van der Waals surface area (Å²) in [5.74, 6) is -2.62. The molecular formula is C14H18N2O5. The van der Waals surface area contributed by atoms with Crippen molar-refractivity contribution in [1.82, 2.24) is 10.6 Å². The Balaban J connectivity index is 2.46. The smallest absolute Gasteiger partial charge is 0.326 e. The van der Waals surface area contributed by atoms with Crippen molar-refractivity contribution < 1.29 is 24.6 Å². The maximum absolute atomic E-state index is 11.6. The van der Waals surface area contributed by atoms with Gasteiger partial charge in [-0.1, -0.05) is 37.3 Å². The Bertz CT molecular complexity index is 503. The molecule has 0 spiro atoms. The summed E-state index contributed by atoms with van der Waals surface area (Å²) in [4.78, 5) is 32.9. The molecule has 0 aliphatic carbocycles. The highest BCUT2D eigenvalue weighted by Gasteiger charge is 2.23. The Hall–Kier alpha value is -2.57. The number of benzene rings is 1. The highest BCUT2D eigenvalue weighted by atomic mass is 16.4. The molecule has 2 amide bonds. The highest BCUT2D eigenvalue weighted by molar-refractivity contribution is 5.86. The maximum Gasteiger partial charge on any atom is 0.326 e. The molecule has 0 radical (unpaired) electrons. The predicted molar refractivity (Wildman–Crippen MR) is 75.1 cm³/mol. The van der Waals surface area contributed by atoms with E-state index in [1.807, 2.05) is 37.3 Å².